The molecule has 0 aliphatic heterocycles. The zero-order valence-electron chi connectivity index (χ0n) is 14.4. The summed E-state index contributed by atoms with van der Waals surface area (Å²) in [5.41, 5.74) is 3.52. The molecule has 1 aliphatic rings. The van der Waals surface area contributed by atoms with Gasteiger partial charge in [-0.05, 0) is 63.6 Å². The average molecular weight is 314 g/mol. The number of alkyl carbamates (subject to hydrolysis) is 1. The van der Waals surface area contributed by atoms with Crippen molar-refractivity contribution in [2.24, 2.45) is 0 Å². The van der Waals surface area contributed by atoms with Crippen molar-refractivity contribution >= 4 is 17.0 Å². The summed E-state index contributed by atoms with van der Waals surface area (Å²) >= 11 is 0. The number of carbonyl (C=O) groups excluding carboxylic acids is 1. The molecule has 1 atom stereocenters. The largest absolute Gasteiger partial charge is 0.446 e. The minimum atomic E-state index is -0.360. The number of fused-ring (bicyclic) bond motifs is 1. The molecule has 124 valence electrons. The molecule has 1 aliphatic carbocycles. The summed E-state index contributed by atoms with van der Waals surface area (Å²) in [4.78, 5) is 15.2. The molecule has 4 nitrogen and oxygen atoms in total. The first kappa shape index (κ1) is 15.9. The number of benzene rings is 1. The Hall–Kier alpha value is -1.97. The van der Waals surface area contributed by atoms with Crippen LogP contribution in [-0.4, -0.2) is 22.7 Å². The average Bonchev–Trinajstić information content (AvgIpc) is 3.20. The van der Waals surface area contributed by atoms with Crippen LogP contribution in [0, 0.1) is 0 Å². The standard InChI is InChI=1S/C19H26N2O2/c1-12(23-18(22)21-19(2,3)4)9-15-11-20-17-10-14(13-5-6-13)7-8-16(15)17/h7-8,10-13,20H,5-6,9H2,1-4H3,(H,21,22)/t12-/m1/s1. The van der Waals surface area contributed by atoms with Gasteiger partial charge in [0.15, 0.2) is 0 Å². The van der Waals surface area contributed by atoms with Gasteiger partial charge >= 0.3 is 6.09 Å². The van der Waals surface area contributed by atoms with Gasteiger partial charge in [0.05, 0.1) is 0 Å². The van der Waals surface area contributed by atoms with Gasteiger partial charge in [-0.15, -0.1) is 0 Å². The molecule has 23 heavy (non-hydrogen) atoms. The number of ether oxygens (including phenoxy) is 1. The maximum absolute atomic E-state index is 11.8. The topological polar surface area (TPSA) is 54.1 Å². The first-order valence-corrected chi connectivity index (χ1v) is 8.40. The number of aromatic amines is 1. The van der Waals surface area contributed by atoms with Crippen molar-refractivity contribution in [2.75, 3.05) is 0 Å². The lowest BCUT2D eigenvalue weighted by molar-refractivity contribution is 0.100. The highest BCUT2D eigenvalue weighted by atomic mass is 16.6. The first-order valence-electron chi connectivity index (χ1n) is 8.40. The Morgan fingerprint density at radius 2 is 2.13 bits per heavy atom. The van der Waals surface area contributed by atoms with Crippen LogP contribution in [0.5, 0.6) is 0 Å². The van der Waals surface area contributed by atoms with Crippen molar-refractivity contribution in [3.63, 3.8) is 0 Å². The first-order chi connectivity index (χ1) is 10.8. The highest BCUT2D eigenvalue weighted by Gasteiger charge is 2.24. The monoisotopic (exact) mass is 314 g/mol. The van der Waals surface area contributed by atoms with Crippen molar-refractivity contribution in [1.82, 2.24) is 10.3 Å². The molecule has 1 aromatic heterocycles. The van der Waals surface area contributed by atoms with Gasteiger partial charge in [-0.25, -0.2) is 4.79 Å². The molecule has 3 rings (SSSR count). The normalized spacial score (nSPS) is 16.3. The highest BCUT2D eigenvalue weighted by Crippen LogP contribution is 2.41. The van der Waals surface area contributed by atoms with Crippen LogP contribution in [0.1, 0.15) is 57.6 Å². The predicted octanol–water partition coefficient (Wildman–Crippen LogP) is 4.50. The molecular formula is C19H26N2O2. The summed E-state index contributed by atoms with van der Waals surface area (Å²) in [5, 5.41) is 4.05. The number of rotatable bonds is 4. The summed E-state index contributed by atoms with van der Waals surface area (Å²) in [7, 11) is 0. The quantitative estimate of drug-likeness (QED) is 0.873. The third kappa shape index (κ3) is 4.06. The van der Waals surface area contributed by atoms with E-state index in [-0.39, 0.29) is 17.7 Å². The second kappa shape index (κ2) is 5.91. The molecule has 2 aromatic rings. The van der Waals surface area contributed by atoms with Gasteiger partial charge in [0.1, 0.15) is 6.10 Å². The third-order valence-corrected chi connectivity index (χ3v) is 4.13. The summed E-state index contributed by atoms with van der Waals surface area (Å²) < 4.78 is 5.46. The Kier molecular flexibility index (Phi) is 4.09. The van der Waals surface area contributed by atoms with Gasteiger partial charge in [0.25, 0.3) is 0 Å². The number of nitrogens with one attached hydrogen (secondary N) is 2. The summed E-state index contributed by atoms with van der Waals surface area (Å²) in [6, 6.07) is 6.68. The van der Waals surface area contributed by atoms with E-state index in [0.29, 0.717) is 6.42 Å². The van der Waals surface area contributed by atoms with Crippen LogP contribution in [0.4, 0.5) is 4.79 Å². The molecule has 0 radical (unpaired) electrons. The van der Waals surface area contributed by atoms with E-state index >= 15 is 0 Å². The predicted molar refractivity (Wildman–Crippen MR) is 92.8 cm³/mol. The Morgan fingerprint density at radius 1 is 1.39 bits per heavy atom. The molecule has 0 bridgehead atoms. The number of H-pyrrole nitrogens is 1. The maximum Gasteiger partial charge on any atom is 0.407 e. The van der Waals surface area contributed by atoms with Crippen LogP contribution in [0.3, 0.4) is 0 Å². The molecule has 0 saturated heterocycles. The second-order valence-electron chi connectivity index (χ2n) is 7.69. The fourth-order valence-corrected chi connectivity index (χ4v) is 2.91. The van der Waals surface area contributed by atoms with Crippen molar-refractivity contribution in [3.05, 3.63) is 35.5 Å². The Labute approximate surface area is 137 Å². The maximum atomic E-state index is 11.8. The van der Waals surface area contributed by atoms with E-state index in [2.05, 4.69) is 28.5 Å². The second-order valence-corrected chi connectivity index (χ2v) is 7.69. The number of amides is 1. The zero-order chi connectivity index (χ0) is 16.6. The van der Waals surface area contributed by atoms with E-state index in [0.717, 1.165) is 5.92 Å². The molecule has 1 saturated carbocycles. The van der Waals surface area contributed by atoms with Gasteiger partial charge < -0.3 is 15.0 Å². The van der Waals surface area contributed by atoms with Gasteiger partial charge in [0.2, 0.25) is 0 Å². The van der Waals surface area contributed by atoms with Crippen LogP contribution in [0.15, 0.2) is 24.4 Å². The molecule has 1 amide bonds. The van der Waals surface area contributed by atoms with Crippen LogP contribution in [0.25, 0.3) is 10.9 Å². The van der Waals surface area contributed by atoms with E-state index in [1.807, 2.05) is 33.9 Å². The van der Waals surface area contributed by atoms with Crippen molar-refractivity contribution in [2.45, 2.75) is 64.5 Å². The minimum Gasteiger partial charge on any atom is -0.446 e. The number of carbonyl (C=O) groups is 1. The van der Waals surface area contributed by atoms with E-state index in [1.54, 1.807) is 0 Å². The van der Waals surface area contributed by atoms with Crippen LogP contribution < -0.4 is 5.32 Å². The fraction of sp³-hybridized carbons (Fsp3) is 0.526. The van der Waals surface area contributed by atoms with Crippen LogP contribution in [0.2, 0.25) is 0 Å². The van der Waals surface area contributed by atoms with Crippen molar-refractivity contribution in [3.8, 4) is 0 Å². The molecule has 1 aromatic carbocycles. The van der Waals surface area contributed by atoms with Crippen LogP contribution in [-0.2, 0) is 11.2 Å². The minimum absolute atomic E-state index is 0.167. The molecule has 1 fully saturated rings. The molecular weight excluding hydrogens is 288 g/mol. The SMILES string of the molecule is C[C@H](Cc1c[nH]c2cc(C3CC3)ccc12)OC(=O)NC(C)(C)C. The highest BCUT2D eigenvalue weighted by molar-refractivity contribution is 5.84. The molecule has 4 heteroatoms. The third-order valence-electron chi connectivity index (χ3n) is 4.13. The van der Waals surface area contributed by atoms with E-state index < -0.39 is 0 Å². The molecule has 2 N–H and O–H groups in total. The molecule has 1 heterocycles. The van der Waals surface area contributed by atoms with E-state index in [9.17, 15) is 4.79 Å². The number of hydrogen-bond acceptors (Lipinski definition) is 2. The lowest BCUT2D eigenvalue weighted by Crippen LogP contribution is -2.42. The number of aromatic nitrogens is 1. The zero-order valence-corrected chi connectivity index (χ0v) is 14.4. The van der Waals surface area contributed by atoms with E-state index in [4.69, 9.17) is 4.74 Å². The van der Waals surface area contributed by atoms with Gasteiger partial charge in [0, 0.05) is 29.1 Å². The number of hydrogen-bond donors (Lipinski definition) is 2. The lowest BCUT2D eigenvalue weighted by atomic mass is 10.0. The Morgan fingerprint density at radius 3 is 2.78 bits per heavy atom. The lowest BCUT2D eigenvalue weighted by Gasteiger charge is -2.22. The smallest absolute Gasteiger partial charge is 0.407 e. The Balaban J connectivity index is 1.65. The molecule has 0 unspecified atom stereocenters. The van der Waals surface area contributed by atoms with E-state index in [1.165, 1.54) is 34.9 Å². The summed E-state index contributed by atoms with van der Waals surface area (Å²) in [5.74, 6) is 0.759. The van der Waals surface area contributed by atoms with Crippen LogP contribution >= 0.6 is 0 Å². The summed E-state index contributed by atoms with van der Waals surface area (Å²) in [6.07, 6.45) is 4.84. The Bertz CT molecular complexity index is 708. The van der Waals surface area contributed by atoms with Gasteiger partial charge in [-0.2, -0.15) is 0 Å². The molecule has 0 spiro atoms. The van der Waals surface area contributed by atoms with Gasteiger partial charge in [-0.1, -0.05) is 12.1 Å². The summed E-state index contributed by atoms with van der Waals surface area (Å²) in [6.45, 7) is 7.75. The van der Waals surface area contributed by atoms with Crippen molar-refractivity contribution < 1.29 is 9.53 Å². The van der Waals surface area contributed by atoms with Crippen molar-refractivity contribution in [1.29, 1.82) is 0 Å². The van der Waals surface area contributed by atoms with Gasteiger partial charge in [-0.3, -0.25) is 0 Å². The fourth-order valence-electron chi connectivity index (χ4n) is 2.91.